The van der Waals surface area contributed by atoms with E-state index in [-0.39, 0.29) is 22.7 Å². The quantitative estimate of drug-likeness (QED) is 0.252. The normalized spacial score (nSPS) is 14.3. The van der Waals surface area contributed by atoms with Gasteiger partial charge in [-0.15, -0.1) is 0 Å². The van der Waals surface area contributed by atoms with Gasteiger partial charge in [0.25, 0.3) is 11.6 Å². The number of allylic oxidation sites excluding steroid dienone is 1. The highest BCUT2D eigenvalue weighted by molar-refractivity contribution is 6.39. The van der Waals surface area contributed by atoms with Gasteiger partial charge in [0.05, 0.1) is 28.3 Å². The van der Waals surface area contributed by atoms with Crippen LogP contribution in [0.4, 0.5) is 11.4 Å². The van der Waals surface area contributed by atoms with Crippen molar-refractivity contribution in [2.75, 3.05) is 4.90 Å². The number of anilines is 1. The minimum atomic E-state index is -0.514. The van der Waals surface area contributed by atoms with E-state index in [1.807, 2.05) is 30.3 Å². The van der Waals surface area contributed by atoms with Gasteiger partial charge >= 0.3 is 0 Å². The molecule has 0 atom stereocenters. The molecule has 0 saturated heterocycles. The fourth-order valence-electron chi connectivity index (χ4n) is 3.48. The summed E-state index contributed by atoms with van der Waals surface area (Å²) in [5.74, 6) is -0.314. The van der Waals surface area contributed by atoms with Crippen LogP contribution in [-0.4, -0.2) is 10.8 Å². The molecule has 146 valence electrons. The molecule has 1 aliphatic rings. The summed E-state index contributed by atoms with van der Waals surface area (Å²) in [5.41, 5.74) is 2.90. The van der Waals surface area contributed by atoms with Crippen LogP contribution in [0.5, 0.6) is 0 Å². The van der Waals surface area contributed by atoms with Gasteiger partial charge in [0.1, 0.15) is 6.07 Å². The first-order valence-electron chi connectivity index (χ1n) is 9.04. The van der Waals surface area contributed by atoms with Gasteiger partial charge in [0.2, 0.25) is 0 Å². The maximum Gasteiger partial charge on any atom is 0.269 e. The Bertz CT molecular complexity index is 1230. The first-order valence-corrected chi connectivity index (χ1v) is 9.42. The molecule has 1 heterocycles. The average Bonchev–Trinajstić information content (AvgIpc) is 3.01. The Morgan fingerprint density at radius 1 is 1.07 bits per heavy atom. The molecule has 0 aromatic heterocycles. The number of nitriles is 1. The van der Waals surface area contributed by atoms with E-state index in [1.165, 1.54) is 24.3 Å². The molecule has 0 bridgehead atoms. The number of carbonyl (C=O) groups excluding carboxylic acids is 1. The van der Waals surface area contributed by atoms with Crippen LogP contribution in [0.15, 0.2) is 72.8 Å². The standard InChI is InChI=1S/C23H14ClN3O3/c24-17-8-11-21-19(12-17)22(23(28)26(21)14-15-4-2-1-3-5-15)20(13-25)16-6-9-18(10-7-16)27(29)30/h1-12H,14H2/b22-20+. The van der Waals surface area contributed by atoms with Crippen molar-refractivity contribution in [3.05, 3.63) is 105 Å². The number of halogens is 1. The molecule has 1 aliphatic heterocycles. The molecular weight excluding hydrogens is 402 g/mol. The van der Waals surface area contributed by atoms with Crippen LogP contribution in [0.2, 0.25) is 5.02 Å². The van der Waals surface area contributed by atoms with Gasteiger partial charge in [-0.1, -0.05) is 41.9 Å². The molecule has 1 amide bonds. The molecule has 3 aromatic carbocycles. The lowest BCUT2D eigenvalue weighted by Gasteiger charge is -2.17. The zero-order valence-electron chi connectivity index (χ0n) is 15.6. The summed E-state index contributed by atoms with van der Waals surface area (Å²) >= 11 is 6.18. The zero-order chi connectivity index (χ0) is 21.3. The molecule has 3 aromatic rings. The number of hydrogen-bond acceptors (Lipinski definition) is 4. The van der Waals surface area contributed by atoms with Gasteiger partial charge in [-0.2, -0.15) is 5.26 Å². The first-order chi connectivity index (χ1) is 14.5. The molecule has 0 aliphatic carbocycles. The molecule has 0 saturated carbocycles. The second-order valence-electron chi connectivity index (χ2n) is 6.70. The van der Waals surface area contributed by atoms with Crippen molar-refractivity contribution in [1.82, 2.24) is 0 Å². The van der Waals surface area contributed by atoms with E-state index in [1.54, 1.807) is 23.1 Å². The second kappa shape index (κ2) is 7.82. The number of hydrogen-bond donors (Lipinski definition) is 0. The molecule has 0 unspecified atom stereocenters. The molecular formula is C23H14ClN3O3. The predicted octanol–water partition coefficient (Wildman–Crippen LogP) is 5.23. The van der Waals surface area contributed by atoms with Crippen LogP contribution < -0.4 is 4.90 Å². The third-order valence-corrected chi connectivity index (χ3v) is 5.12. The number of nitrogens with zero attached hydrogens (tertiary/aromatic N) is 3. The SMILES string of the molecule is N#C/C(=C1\C(=O)N(Cc2ccccc2)c2ccc(Cl)cc21)c1ccc([N+](=O)[O-])cc1. The molecule has 0 N–H and O–H groups in total. The number of rotatable bonds is 4. The van der Waals surface area contributed by atoms with Crippen molar-refractivity contribution in [2.24, 2.45) is 0 Å². The third-order valence-electron chi connectivity index (χ3n) is 4.89. The molecule has 6 nitrogen and oxygen atoms in total. The number of fused-ring (bicyclic) bond motifs is 1. The molecule has 0 spiro atoms. The number of nitro groups is 1. The highest BCUT2D eigenvalue weighted by Gasteiger charge is 2.35. The van der Waals surface area contributed by atoms with Crippen LogP contribution in [0.3, 0.4) is 0 Å². The Hall–Kier alpha value is -3.95. The van der Waals surface area contributed by atoms with E-state index in [0.29, 0.717) is 28.4 Å². The number of carbonyl (C=O) groups is 1. The maximum atomic E-state index is 13.4. The lowest BCUT2D eigenvalue weighted by Crippen LogP contribution is -2.25. The Balaban J connectivity index is 1.86. The van der Waals surface area contributed by atoms with Crippen molar-refractivity contribution in [2.45, 2.75) is 6.54 Å². The summed E-state index contributed by atoms with van der Waals surface area (Å²) in [6.45, 7) is 0.344. The van der Waals surface area contributed by atoms with E-state index >= 15 is 0 Å². The summed E-state index contributed by atoms with van der Waals surface area (Å²) in [4.78, 5) is 25.4. The average molecular weight is 416 g/mol. The summed E-state index contributed by atoms with van der Waals surface area (Å²) in [5, 5.41) is 21.2. The predicted molar refractivity (Wildman–Crippen MR) is 115 cm³/mol. The number of nitro benzene ring substituents is 1. The van der Waals surface area contributed by atoms with Crippen LogP contribution in [0, 0.1) is 21.4 Å². The van der Waals surface area contributed by atoms with E-state index < -0.39 is 4.92 Å². The van der Waals surface area contributed by atoms with Crippen LogP contribution >= 0.6 is 11.6 Å². The van der Waals surface area contributed by atoms with E-state index in [4.69, 9.17) is 11.6 Å². The smallest absolute Gasteiger partial charge is 0.269 e. The largest absolute Gasteiger partial charge is 0.303 e. The van der Waals surface area contributed by atoms with Gasteiger partial charge in [-0.05, 0) is 41.5 Å². The Morgan fingerprint density at radius 3 is 2.40 bits per heavy atom. The van der Waals surface area contributed by atoms with Gasteiger partial charge in [-0.25, -0.2) is 0 Å². The van der Waals surface area contributed by atoms with Gasteiger partial charge < -0.3 is 4.90 Å². The molecule has 0 radical (unpaired) electrons. The van der Waals surface area contributed by atoms with Crippen molar-refractivity contribution in [3.8, 4) is 6.07 Å². The summed E-state index contributed by atoms with van der Waals surface area (Å²) in [6, 6.07) is 22.3. The topological polar surface area (TPSA) is 87.2 Å². The molecule has 0 fully saturated rings. The number of non-ortho nitro benzene ring substituents is 1. The number of benzene rings is 3. The number of amides is 1. The summed E-state index contributed by atoms with van der Waals surface area (Å²) in [7, 11) is 0. The molecule has 30 heavy (non-hydrogen) atoms. The fraction of sp³-hybridized carbons (Fsp3) is 0.0435. The van der Waals surface area contributed by atoms with Crippen molar-refractivity contribution < 1.29 is 9.72 Å². The summed E-state index contributed by atoms with van der Waals surface area (Å²) in [6.07, 6.45) is 0. The Labute approximate surface area is 177 Å². The lowest BCUT2D eigenvalue weighted by atomic mass is 9.96. The Kier molecular flexibility index (Phi) is 5.05. The van der Waals surface area contributed by atoms with E-state index in [2.05, 4.69) is 6.07 Å². The highest BCUT2D eigenvalue weighted by Crippen LogP contribution is 2.42. The zero-order valence-corrected chi connectivity index (χ0v) is 16.3. The van der Waals surface area contributed by atoms with Crippen LogP contribution in [-0.2, 0) is 11.3 Å². The van der Waals surface area contributed by atoms with E-state index in [9.17, 15) is 20.2 Å². The fourth-order valence-corrected chi connectivity index (χ4v) is 3.65. The maximum absolute atomic E-state index is 13.4. The minimum Gasteiger partial charge on any atom is -0.303 e. The minimum absolute atomic E-state index is 0.0899. The molecule has 4 rings (SSSR count). The summed E-state index contributed by atoms with van der Waals surface area (Å²) < 4.78 is 0. The highest BCUT2D eigenvalue weighted by atomic mass is 35.5. The van der Waals surface area contributed by atoms with Crippen LogP contribution in [0.1, 0.15) is 16.7 Å². The monoisotopic (exact) mass is 415 g/mol. The Morgan fingerprint density at radius 2 is 1.77 bits per heavy atom. The van der Waals surface area contributed by atoms with Gasteiger partial charge in [0.15, 0.2) is 0 Å². The van der Waals surface area contributed by atoms with Crippen molar-refractivity contribution in [1.29, 1.82) is 5.26 Å². The first kappa shape index (κ1) is 19.4. The van der Waals surface area contributed by atoms with Gasteiger partial charge in [-0.3, -0.25) is 14.9 Å². The molecule has 7 heteroatoms. The van der Waals surface area contributed by atoms with Crippen LogP contribution in [0.25, 0.3) is 11.1 Å². The van der Waals surface area contributed by atoms with Crippen molar-refractivity contribution >= 4 is 40.0 Å². The van der Waals surface area contributed by atoms with Gasteiger partial charge in [0, 0.05) is 22.7 Å². The second-order valence-corrected chi connectivity index (χ2v) is 7.14. The lowest BCUT2D eigenvalue weighted by molar-refractivity contribution is -0.384. The van der Waals surface area contributed by atoms with E-state index in [0.717, 1.165) is 5.56 Å². The van der Waals surface area contributed by atoms with Crippen molar-refractivity contribution in [3.63, 3.8) is 0 Å². The third kappa shape index (κ3) is 3.43.